The van der Waals surface area contributed by atoms with Gasteiger partial charge in [0, 0.05) is 28.6 Å². The van der Waals surface area contributed by atoms with Gasteiger partial charge in [0.1, 0.15) is 5.75 Å². The summed E-state index contributed by atoms with van der Waals surface area (Å²) in [6.07, 6.45) is 0.0713. The number of nitro groups is 1. The lowest BCUT2D eigenvalue weighted by Gasteiger charge is -2.12. The highest BCUT2D eigenvalue weighted by Crippen LogP contribution is 2.31. The summed E-state index contributed by atoms with van der Waals surface area (Å²) in [5.74, 6) is 0.248. The van der Waals surface area contributed by atoms with Gasteiger partial charge in [0.2, 0.25) is 5.82 Å². The quantitative estimate of drug-likeness (QED) is 0.487. The first kappa shape index (κ1) is 18.2. The molecule has 0 saturated heterocycles. The highest BCUT2D eigenvalue weighted by atomic mass is 16.6. The number of methoxy groups -OCH3 is 2. The van der Waals surface area contributed by atoms with Crippen LogP contribution in [-0.4, -0.2) is 30.1 Å². The monoisotopic (exact) mass is 345 g/mol. The molecular formula is C17H19N3O5. The van der Waals surface area contributed by atoms with Crippen molar-refractivity contribution in [3.63, 3.8) is 0 Å². The van der Waals surface area contributed by atoms with Crippen LogP contribution >= 0.6 is 0 Å². The van der Waals surface area contributed by atoms with E-state index in [-0.39, 0.29) is 23.9 Å². The summed E-state index contributed by atoms with van der Waals surface area (Å²) in [6, 6.07) is 6.71. The Bertz CT molecular complexity index is 820. The smallest absolute Gasteiger partial charge is 0.314 e. The number of anilines is 2. The van der Waals surface area contributed by atoms with E-state index in [4.69, 9.17) is 4.74 Å². The molecular weight excluding hydrogens is 326 g/mol. The van der Waals surface area contributed by atoms with E-state index < -0.39 is 4.92 Å². The molecule has 1 aromatic carbocycles. The first-order valence-electron chi connectivity index (χ1n) is 7.49. The lowest BCUT2D eigenvalue weighted by molar-refractivity contribution is -0.384. The normalized spacial score (nSPS) is 10.2. The summed E-state index contributed by atoms with van der Waals surface area (Å²) in [6.45, 7) is 3.43. The lowest BCUT2D eigenvalue weighted by atomic mass is 10.1. The predicted molar refractivity (Wildman–Crippen MR) is 92.4 cm³/mol. The van der Waals surface area contributed by atoms with Gasteiger partial charge in [-0.2, -0.15) is 0 Å². The molecule has 0 bridgehead atoms. The highest BCUT2D eigenvalue weighted by Gasteiger charge is 2.20. The molecule has 0 saturated carbocycles. The number of hydrogen-bond donors (Lipinski definition) is 1. The van der Waals surface area contributed by atoms with Crippen LogP contribution in [0, 0.1) is 24.0 Å². The zero-order chi connectivity index (χ0) is 18.6. The number of rotatable bonds is 6. The minimum absolute atomic E-state index is 0.0713. The molecule has 1 aromatic heterocycles. The van der Waals surface area contributed by atoms with E-state index in [2.05, 4.69) is 15.0 Å². The van der Waals surface area contributed by atoms with Crippen molar-refractivity contribution in [3.05, 3.63) is 51.2 Å². The minimum Gasteiger partial charge on any atom is -0.496 e. The topological polar surface area (TPSA) is 104 Å². The molecule has 0 amide bonds. The largest absolute Gasteiger partial charge is 0.496 e. The predicted octanol–water partition coefficient (Wildman–Crippen LogP) is 3.07. The fourth-order valence-electron chi connectivity index (χ4n) is 2.48. The van der Waals surface area contributed by atoms with Gasteiger partial charge in [-0.15, -0.1) is 0 Å². The maximum absolute atomic E-state index is 11.4. The summed E-state index contributed by atoms with van der Waals surface area (Å²) in [5, 5.41) is 14.3. The van der Waals surface area contributed by atoms with Crippen molar-refractivity contribution in [2.45, 2.75) is 20.3 Å². The Hall–Kier alpha value is -3.16. The Morgan fingerprint density at radius 3 is 2.60 bits per heavy atom. The molecule has 8 nitrogen and oxygen atoms in total. The number of aryl methyl sites for hydroxylation is 2. The molecule has 0 spiro atoms. The van der Waals surface area contributed by atoms with Crippen molar-refractivity contribution in [1.82, 2.24) is 4.98 Å². The van der Waals surface area contributed by atoms with Gasteiger partial charge in [0.15, 0.2) is 0 Å². The molecule has 0 fully saturated rings. The molecule has 0 unspecified atom stereocenters. The maximum Gasteiger partial charge on any atom is 0.314 e. The van der Waals surface area contributed by atoms with Gasteiger partial charge in [-0.1, -0.05) is 6.07 Å². The number of aromatic nitrogens is 1. The lowest BCUT2D eigenvalue weighted by Crippen LogP contribution is -2.07. The highest BCUT2D eigenvalue weighted by molar-refractivity contribution is 5.75. The molecule has 0 aliphatic rings. The van der Waals surface area contributed by atoms with E-state index in [1.165, 1.54) is 14.2 Å². The average Bonchev–Trinajstić information content (AvgIpc) is 2.54. The maximum atomic E-state index is 11.4. The van der Waals surface area contributed by atoms with E-state index in [0.717, 1.165) is 0 Å². The van der Waals surface area contributed by atoms with Crippen LogP contribution in [0.4, 0.5) is 17.2 Å². The molecule has 132 valence electrons. The summed E-state index contributed by atoms with van der Waals surface area (Å²) < 4.78 is 9.95. The number of nitrogens with one attached hydrogen (secondary N) is 1. The van der Waals surface area contributed by atoms with Gasteiger partial charge in [-0.3, -0.25) is 14.9 Å². The Kier molecular flexibility index (Phi) is 5.53. The third-order valence-corrected chi connectivity index (χ3v) is 3.61. The standard InChI is InChI=1S/C17H19N3O5/c1-10-7-11(2)18-17(16(10)20(22)23)19-13-6-5-12(8-15(21)25-4)14(9-13)24-3/h5-7,9H,8H2,1-4H3,(H,18,19). The first-order valence-corrected chi connectivity index (χ1v) is 7.49. The van der Waals surface area contributed by atoms with E-state index in [1.807, 2.05) is 0 Å². The van der Waals surface area contributed by atoms with Gasteiger partial charge in [0.05, 0.1) is 25.6 Å². The van der Waals surface area contributed by atoms with Crippen LogP contribution in [0.15, 0.2) is 24.3 Å². The SMILES string of the molecule is COC(=O)Cc1ccc(Nc2nc(C)cc(C)c2[N+](=O)[O-])cc1OC. The molecule has 0 aliphatic carbocycles. The summed E-state index contributed by atoms with van der Waals surface area (Å²) in [7, 11) is 2.80. The van der Waals surface area contributed by atoms with Crippen LogP contribution in [-0.2, 0) is 16.0 Å². The summed E-state index contributed by atoms with van der Waals surface area (Å²) >= 11 is 0. The second kappa shape index (κ2) is 7.61. The zero-order valence-electron chi connectivity index (χ0n) is 14.5. The van der Waals surface area contributed by atoms with Crippen LogP contribution < -0.4 is 10.1 Å². The van der Waals surface area contributed by atoms with Crippen molar-refractivity contribution in [3.8, 4) is 5.75 Å². The van der Waals surface area contributed by atoms with Crippen LogP contribution in [0.5, 0.6) is 5.75 Å². The molecule has 25 heavy (non-hydrogen) atoms. The third kappa shape index (κ3) is 4.23. The van der Waals surface area contributed by atoms with Crippen molar-refractivity contribution in [1.29, 1.82) is 0 Å². The van der Waals surface area contributed by atoms with Crippen LogP contribution in [0.2, 0.25) is 0 Å². The van der Waals surface area contributed by atoms with Crippen molar-refractivity contribution < 1.29 is 19.2 Å². The van der Waals surface area contributed by atoms with Gasteiger partial charge in [-0.05, 0) is 26.0 Å². The number of nitrogens with zero attached hydrogens (tertiary/aromatic N) is 2. The van der Waals surface area contributed by atoms with E-state index in [1.54, 1.807) is 38.1 Å². The van der Waals surface area contributed by atoms with Gasteiger partial charge in [0.25, 0.3) is 0 Å². The molecule has 0 radical (unpaired) electrons. The number of carbonyl (C=O) groups excluding carboxylic acids is 1. The first-order chi connectivity index (χ1) is 11.8. The van der Waals surface area contributed by atoms with E-state index >= 15 is 0 Å². The molecule has 1 N–H and O–H groups in total. The van der Waals surface area contributed by atoms with Crippen molar-refractivity contribution in [2.24, 2.45) is 0 Å². The second-order valence-corrected chi connectivity index (χ2v) is 5.44. The van der Waals surface area contributed by atoms with Crippen LogP contribution in [0.25, 0.3) is 0 Å². The molecule has 0 aliphatic heterocycles. The van der Waals surface area contributed by atoms with E-state index in [9.17, 15) is 14.9 Å². The summed E-state index contributed by atoms with van der Waals surface area (Å²) in [4.78, 5) is 26.5. The Labute approximate surface area is 144 Å². The summed E-state index contributed by atoms with van der Waals surface area (Å²) in [5.41, 5.74) is 2.33. The molecule has 2 rings (SSSR count). The Balaban J connectivity index is 2.38. The molecule has 0 atom stereocenters. The number of benzene rings is 1. The van der Waals surface area contributed by atoms with Crippen molar-refractivity contribution in [2.75, 3.05) is 19.5 Å². The number of pyridine rings is 1. The second-order valence-electron chi connectivity index (χ2n) is 5.44. The fourth-order valence-corrected chi connectivity index (χ4v) is 2.48. The molecule has 8 heteroatoms. The fraction of sp³-hybridized carbons (Fsp3) is 0.294. The molecule has 2 aromatic rings. The van der Waals surface area contributed by atoms with Crippen LogP contribution in [0.1, 0.15) is 16.8 Å². The third-order valence-electron chi connectivity index (χ3n) is 3.61. The number of esters is 1. The Morgan fingerprint density at radius 1 is 1.28 bits per heavy atom. The number of ether oxygens (including phenoxy) is 2. The van der Waals surface area contributed by atoms with Gasteiger partial charge in [-0.25, -0.2) is 4.98 Å². The zero-order valence-corrected chi connectivity index (χ0v) is 14.5. The van der Waals surface area contributed by atoms with Gasteiger partial charge < -0.3 is 14.8 Å². The minimum atomic E-state index is -0.465. The van der Waals surface area contributed by atoms with Gasteiger partial charge >= 0.3 is 11.7 Å². The van der Waals surface area contributed by atoms with Crippen LogP contribution in [0.3, 0.4) is 0 Å². The molecule has 1 heterocycles. The van der Waals surface area contributed by atoms with E-state index in [0.29, 0.717) is 28.3 Å². The van der Waals surface area contributed by atoms with Crippen molar-refractivity contribution >= 4 is 23.2 Å². The number of carbonyl (C=O) groups is 1. The number of hydrogen-bond acceptors (Lipinski definition) is 7. The average molecular weight is 345 g/mol. The Morgan fingerprint density at radius 2 is 2.00 bits per heavy atom.